The van der Waals surface area contributed by atoms with Crippen LogP contribution < -0.4 is 5.32 Å². The molecule has 1 rings (SSSR count). The topological polar surface area (TPSA) is 69.6 Å². The summed E-state index contributed by atoms with van der Waals surface area (Å²) in [6, 6.07) is 0. The number of amides is 1. The molecular weight excluding hydrogens is 134 g/mol. The molecule has 1 saturated carbocycles. The summed E-state index contributed by atoms with van der Waals surface area (Å²) in [6.07, 6.45) is 0.515. The minimum atomic E-state index is -1.07. The Hall–Kier alpha value is -0.770. The first-order chi connectivity index (χ1) is 4.70. The monoisotopic (exact) mass is 145 g/mol. The Kier molecular flexibility index (Phi) is 2.11. The molecule has 1 unspecified atom stereocenters. The Bertz CT molecular complexity index is 133. The van der Waals surface area contributed by atoms with Gasteiger partial charge in [0.25, 0.3) is 0 Å². The maximum atomic E-state index is 9.92. The fraction of sp³-hybridized carbons (Fsp3) is 0.833. The first-order valence-corrected chi connectivity index (χ1v) is 3.35. The van der Waals surface area contributed by atoms with Crippen molar-refractivity contribution in [3.8, 4) is 0 Å². The van der Waals surface area contributed by atoms with Gasteiger partial charge in [-0.2, -0.15) is 0 Å². The Balaban J connectivity index is 2.05. The molecule has 0 aromatic carbocycles. The van der Waals surface area contributed by atoms with Crippen LogP contribution in [-0.4, -0.2) is 29.0 Å². The van der Waals surface area contributed by atoms with Crippen molar-refractivity contribution in [3.63, 3.8) is 0 Å². The molecule has 1 atom stereocenters. The van der Waals surface area contributed by atoms with E-state index in [0.29, 0.717) is 5.92 Å². The smallest absolute Gasteiger partial charge is 0.404 e. The van der Waals surface area contributed by atoms with E-state index in [-0.39, 0.29) is 6.54 Å². The molecule has 0 aliphatic heterocycles. The molecule has 1 aliphatic rings. The van der Waals surface area contributed by atoms with Crippen LogP contribution in [0.15, 0.2) is 0 Å². The number of aliphatic hydroxyl groups is 1. The van der Waals surface area contributed by atoms with Crippen molar-refractivity contribution >= 4 is 6.09 Å². The van der Waals surface area contributed by atoms with Gasteiger partial charge in [-0.3, -0.25) is 0 Å². The number of hydrogen-bond acceptors (Lipinski definition) is 2. The van der Waals surface area contributed by atoms with Gasteiger partial charge in [-0.25, -0.2) is 4.79 Å². The van der Waals surface area contributed by atoms with Gasteiger partial charge < -0.3 is 15.5 Å². The fourth-order valence-corrected chi connectivity index (χ4v) is 0.840. The van der Waals surface area contributed by atoms with Crippen LogP contribution in [0.5, 0.6) is 0 Å². The second-order valence-corrected chi connectivity index (χ2v) is 2.59. The van der Waals surface area contributed by atoms with Crippen LogP contribution in [0, 0.1) is 5.92 Å². The largest absolute Gasteiger partial charge is 0.465 e. The third kappa shape index (κ3) is 2.23. The van der Waals surface area contributed by atoms with E-state index in [1.807, 2.05) is 0 Å². The first kappa shape index (κ1) is 7.34. The van der Waals surface area contributed by atoms with Gasteiger partial charge in [0.05, 0.1) is 6.10 Å². The average molecular weight is 145 g/mol. The van der Waals surface area contributed by atoms with Gasteiger partial charge in [0.15, 0.2) is 0 Å². The van der Waals surface area contributed by atoms with Crippen LogP contribution in [0.4, 0.5) is 4.79 Å². The molecule has 58 valence electrons. The van der Waals surface area contributed by atoms with Gasteiger partial charge in [0.2, 0.25) is 0 Å². The highest BCUT2D eigenvalue weighted by molar-refractivity contribution is 5.64. The van der Waals surface area contributed by atoms with Gasteiger partial charge in [-0.15, -0.1) is 0 Å². The lowest BCUT2D eigenvalue weighted by molar-refractivity contribution is 0.140. The third-order valence-corrected chi connectivity index (χ3v) is 1.63. The highest BCUT2D eigenvalue weighted by Crippen LogP contribution is 2.32. The Labute approximate surface area is 58.9 Å². The zero-order chi connectivity index (χ0) is 7.56. The van der Waals surface area contributed by atoms with Crippen molar-refractivity contribution in [2.45, 2.75) is 18.9 Å². The number of hydrogen-bond donors (Lipinski definition) is 3. The highest BCUT2D eigenvalue weighted by Gasteiger charge is 2.29. The maximum Gasteiger partial charge on any atom is 0.404 e. The molecular formula is C6H11NO3. The summed E-state index contributed by atoms with van der Waals surface area (Å²) in [5.41, 5.74) is 0. The molecule has 1 aliphatic carbocycles. The summed E-state index contributed by atoms with van der Waals surface area (Å²) in [7, 11) is 0. The van der Waals surface area contributed by atoms with Crippen LogP contribution in [-0.2, 0) is 0 Å². The van der Waals surface area contributed by atoms with E-state index < -0.39 is 12.2 Å². The van der Waals surface area contributed by atoms with Gasteiger partial charge >= 0.3 is 6.09 Å². The SMILES string of the molecule is O=C(O)NCC(O)C1CC1. The summed E-state index contributed by atoms with van der Waals surface area (Å²) >= 11 is 0. The predicted molar refractivity (Wildman–Crippen MR) is 34.8 cm³/mol. The van der Waals surface area contributed by atoms with E-state index in [4.69, 9.17) is 10.2 Å². The molecule has 4 nitrogen and oxygen atoms in total. The number of carbonyl (C=O) groups is 1. The minimum absolute atomic E-state index is 0.167. The van der Waals surface area contributed by atoms with Gasteiger partial charge in [0.1, 0.15) is 0 Å². The summed E-state index contributed by atoms with van der Waals surface area (Å²) in [6.45, 7) is 0.167. The number of carboxylic acid groups (broad SMARTS) is 1. The zero-order valence-corrected chi connectivity index (χ0v) is 5.58. The van der Waals surface area contributed by atoms with E-state index in [9.17, 15) is 4.79 Å². The standard InChI is InChI=1S/C6H11NO3/c8-5(4-1-2-4)3-7-6(9)10/h4-5,7-8H,1-3H2,(H,9,10). The summed E-state index contributed by atoms with van der Waals surface area (Å²) < 4.78 is 0. The quantitative estimate of drug-likeness (QED) is 0.524. The van der Waals surface area contributed by atoms with Crippen molar-refractivity contribution in [3.05, 3.63) is 0 Å². The van der Waals surface area contributed by atoms with Crippen LogP contribution in [0.2, 0.25) is 0 Å². The fourth-order valence-electron chi connectivity index (χ4n) is 0.840. The van der Waals surface area contributed by atoms with E-state index in [1.54, 1.807) is 0 Å². The van der Waals surface area contributed by atoms with Crippen molar-refractivity contribution in [1.29, 1.82) is 0 Å². The molecule has 0 aromatic rings. The zero-order valence-electron chi connectivity index (χ0n) is 5.58. The van der Waals surface area contributed by atoms with Gasteiger partial charge in [0, 0.05) is 6.54 Å². The highest BCUT2D eigenvalue weighted by atomic mass is 16.4. The number of rotatable bonds is 3. The van der Waals surface area contributed by atoms with Crippen molar-refractivity contribution in [1.82, 2.24) is 5.32 Å². The second-order valence-electron chi connectivity index (χ2n) is 2.59. The predicted octanol–water partition coefficient (Wildman–Crippen LogP) is 0.0249. The number of aliphatic hydroxyl groups excluding tert-OH is 1. The van der Waals surface area contributed by atoms with Crippen LogP contribution in [0.3, 0.4) is 0 Å². The molecule has 1 amide bonds. The van der Waals surface area contributed by atoms with E-state index in [0.717, 1.165) is 12.8 Å². The molecule has 0 heterocycles. The van der Waals surface area contributed by atoms with Gasteiger partial charge in [-0.05, 0) is 18.8 Å². The minimum Gasteiger partial charge on any atom is -0.465 e. The van der Waals surface area contributed by atoms with E-state index >= 15 is 0 Å². The first-order valence-electron chi connectivity index (χ1n) is 3.35. The molecule has 3 N–H and O–H groups in total. The molecule has 1 fully saturated rings. The normalized spacial score (nSPS) is 20.1. The van der Waals surface area contributed by atoms with Crippen LogP contribution in [0.25, 0.3) is 0 Å². The second kappa shape index (κ2) is 2.88. The molecule has 0 radical (unpaired) electrons. The van der Waals surface area contributed by atoms with Gasteiger partial charge in [-0.1, -0.05) is 0 Å². The maximum absolute atomic E-state index is 9.92. The molecule has 10 heavy (non-hydrogen) atoms. The van der Waals surface area contributed by atoms with Crippen molar-refractivity contribution < 1.29 is 15.0 Å². The van der Waals surface area contributed by atoms with Crippen molar-refractivity contribution in [2.75, 3.05) is 6.54 Å². The average Bonchev–Trinajstić information content (AvgIpc) is 2.63. The molecule has 0 bridgehead atoms. The molecule has 0 spiro atoms. The Morgan fingerprint density at radius 2 is 2.30 bits per heavy atom. The Morgan fingerprint density at radius 3 is 2.70 bits per heavy atom. The summed E-state index contributed by atoms with van der Waals surface area (Å²) in [4.78, 5) is 9.92. The van der Waals surface area contributed by atoms with E-state index in [2.05, 4.69) is 5.32 Å². The summed E-state index contributed by atoms with van der Waals surface area (Å²) in [5, 5.41) is 19.4. The number of nitrogens with one attached hydrogen (secondary N) is 1. The van der Waals surface area contributed by atoms with Crippen LogP contribution in [0.1, 0.15) is 12.8 Å². The molecule has 0 saturated heterocycles. The molecule has 4 heteroatoms. The van der Waals surface area contributed by atoms with Crippen LogP contribution >= 0.6 is 0 Å². The molecule has 0 aromatic heterocycles. The summed E-state index contributed by atoms with van der Waals surface area (Å²) in [5.74, 6) is 0.340. The third-order valence-electron chi connectivity index (χ3n) is 1.63. The van der Waals surface area contributed by atoms with Crippen molar-refractivity contribution in [2.24, 2.45) is 5.92 Å². The lowest BCUT2D eigenvalue weighted by Crippen LogP contribution is -2.31. The lowest BCUT2D eigenvalue weighted by atomic mass is 10.2. The van der Waals surface area contributed by atoms with E-state index in [1.165, 1.54) is 0 Å². The Morgan fingerprint density at radius 1 is 1.70 bits per heavy atom. The lowest BCUT2D eigenvalue weighted by Gasteiger charge is -2.07.